The van der Waals surface area contributed by atoms with Gasteiger partial charge in [0, 0.05) is 19.5 Å². The van der Waals surface area contributed by atoms with Crippen molar-refractivity contribution in [1.82, 2.24) is 4.90 Å². The molecule has 2 heteroatoms. The summed E-state index contributed by atoms with van der Waals surface area (Å²) >= 11 is 0. The molecule has 0 spiro atoms. The zero-order chi connectivity index (χ0) is 17.3. The lowest BCUT2D eigenvalue weighted by Crippen LogP contribution is -2.27. The number of amides is 1. The van der Waals surface area contributed by atoms with E-state index in [2.05, 4.69) is 19.1 Å². The van der Waals surface area contributed by atoms with E-state index in [-0.39, 0.29) is 0 Å². The number of hydrogen-bond acceptors (Lipinski definition) is 1. The van der Waals surface area contributed by atoms with E-state index in [1.165, 1.54) is 89.9 Å². The fraction of sp³-hybridized carbons (Fsp3) is 0.864. The largest absolute Gasteiger partial charge is 0.343 e. The molecule has 0 aromatic carbocycles. The molecule has 0 bridgehead atoms. The van der Waals surface area contributed by atoms with Gasteiger partial charge in [-0.15, -0.1) is 0 Å². The Labute approximate surface area is 151 Å². The van der Waals surface area contributed by atoms with E-state index in [1.54, 1.807) is 0 Å². The van der Waals surface area contributed by atoms with Crippen molar-refractivity contribution < 1.29 is 4.79 Å². The van der Waals surface area contributed by atoms with Gasteiger partial charge in [0.1, 0.15) is 0 Å². The van der Waals surface area contributed by atoms with Crippen molar-refractivity contribution in [2.45, 2.75) is 110 Å². The van der Waals surface area contributed by atoms with Crippen LogP contribution in [-0.4, -0.2) is 23.9 Å². The summed E-state index contributed by atoms with van der Waals surface area (Å²) in [6.45, 7) is 4.26. The van der Waals surface area contributed by atoms with Crippen molar-refractivity contribution in [3.8, 4) is 0 Å². The minimum absolute atomic E-state index is 0.354. The maximum absolute atomic E-state index is 11.9. The molecule has 0 aromatic heterocycles. The average Bonchev–Trinajstić information content (AvgIpc) is 3.13. The minimum Gasteiger partial charge on any atom is -0.343 e. The van der Waals surface area contributed by atoms with Gasteiger partial charge in [-0.3, -0.25) is 4.79 Å². The third-order valence-electron chi connectivity index (χ3n) is 5.12. The van der Waals surface area contributed by atoms with Crippen LogP contribution < -0.4 is 0 Å². The second-order valence-corrected chi connectivity index (χ2v) is 7.42. The Bertz CT molecular complexity index is 318. The summed E-state index contributed by atoms with van der Waals surface area (Å²) in [4.78, 5) is 13.9. The number of nitrogens with zero attached hydrogens (tertiary/aromatic N) is 1. The van der Waals surface area contributed by atoms with Gasteiger partial charge >= 0.3 is 0 Å². The van der Waals surface area contributed by atoms with E-state index >= 15 is 0 Å². The molecule has 140 valence electrons. The Morgan fingerprint density at radius 3 is 1.83 bits per heavy atom. The molecule has 1 rings (SSSR count). The Morgan fingerprint density at radius 2 is 1.25 bits per heavy atom. The van der Waals surface area contributed by atoms with Crippen molar-refractivity contribution in [2.24, 2.45) is 0 Å². The molecule has 0 aliphatic carbocycles. The Hall–Kier alpha value is -0.790. The molecule has 1 amide bonds. The Kier molecular flexibility index (Phi) is 13.9. The molecule has 2 nitrogen and oxygen atoms in total. The lowest BCUT2D eigenvalue weighted by Gasteiger charge is -2.13. The van der Waals surface area contributed by atoms with E-state index in [1.807, 2.05) is 4.90 Å². The van der Waals surface area contributed by atoms with Crippen molar-refractivity contribution in [3.63, 3.8) is 0 Å². The highest BCUT2D eigenvalue weighted by Crippen LogP contribution is 2.13. The van der Waals surface area contributed by atoms with Crippen LogP contribution in [0, 0.1) is 0 Å². The fourth-order valence-electron chi connectivity index (χ4n) is 3.49. The average molecular weight is 336 g/mol. The number of carbonyl (C=O) groups excluding carboxylic acids is 1. The predicted octanol–water partition coefficient (Wildman–Crippen LogP) is 6.65. The highest BCUT2D eigenvalue weighted by atomic mass is 16.2. The second-order valence-electron chi connectivity index (χ2n) is 7.42. The summed E-state index contributed by atoms with van der Waals surface area (Å²) in [5.41, 5.74) is 0. The van der Waals surface area contributed by atoms with Crippen LogP contribution in [0.15, 0.2) is 12.2 Å². The van der Waals surface area contributed by atoms with Crippen molar-refractivity contribution in [2.75, 3.05) is 13.1 Å². The van der Waals surface area contributed by atoms with Crippen LogP contribution >= 0.6 is 0 Å². The molecule has 0 radical (unpaired) electrons. The van der Waals surface area contributed by atoms with Gasteiger partial charge in [-0.05, 0) is 32.1 Å². The molecule has 0 atom stereocenters. The molecule has 1 aliphatic heterocycles. The highest BCUT2D eigenvalue weighted by Gasteiger charge is 2.16. The summed E-state index contributed by atoms with van der Waals surface area (Å²) in [6.07, 6.45) is 25.2. The van der Waals surface area contributed by atoms with Gasteiger partial charge in [0.25, 0.3) is 0 Å². The van der Waals surface area contributed by atoms with Crippen LogP contribution in [0.3, 0.4) is 0 Å². The normalized spacial score (nSPS) is 14.8. The molecule has 0 unspecified atom stereocenters. The molecule has 1 heterocycles. The van der Waals surface area contributed by atoms with Crippen LogP contribution in [0.25, 0.3) is 0 Å². The van der Waals surface area contributed by atoms with Crippen LogP contribution in [0.5, 0.6) is 0 Å². The van der Waals surface area contributed by atoms with Gasteiger partial charge in [0.05, 0.1) is 0 Å². The standard InChI is InChI=1S/C22H41NO/c1-2-3-4-5-6-7-8-9-10-11-12-13-14-15-16-19-22(24)23-20-17-18-21-23/h14-15H,2-13,16-21H2,1H3/b15-14+. The van der Waals surface area contributed by atoms with Crippen molar-refractivity contribution in [3.05, 3.63) is 12.2 Å². The monoisotopic (exact) mass is 335 g/mol. The predicted molar refractivity (Wildman–Crippen MR) is 105 cm³/mol. The van der Waals surface area contributed by atoms with Gasteiger partial charge in [-0.25, -0.2) is 0 Å². The zero-order valence-electron chi connectivity index (χ0n) is 16.2. The van der Waals surface area contributed by atoms with E-state index in [0.29, 0.717) is 12.3 Å². The quantitative estimate of drug-likeness (QED) is 0.242. The molecule has 1 aliphatic rings. The molecule has 1 fully saturated rings. The van der Waals surface area contributed by atoms with Crippen molar-refractivity contribution >= 4 is 5.91 Å². The molecule has 1 saturated heterocycles. The Morgan fingerprint density at radius 1 is 0.750 bits per heavy atom. The molecular weight excluding hydrogens is 294 g/mol. The number of hydrogen-bond donors (Lipinski definition) is 0. The third-order valence-corrected chi connectivity index (χ3v) is 5.12. The highest BCUT2D eigenvalue weighted by molar-refractivity contribution is 5.76. The van der Waals surface area contributed by atoms with E-state index in [4.69, 9.17) is 0 Å². The van der Waals surface area contributed by atoms with Crippen LogP contribution in [-0.2, 0) is 4.79 Å². The van der Waals surface area contributed by atoms with Crippen LogP contribution in [0.4, 0.5) is 0 Å². The topological polar surface area (TPSA) is 20.3 Å². The summed E-state index contributed by atoms with van der Waals surface area (Å²) in [5, 5.41) is 0. The van der Waals surface area contributed by atoms with Gasteiger partial charge in [0.2, 0.25) is 5.91 Å². The first-order chi connectivity index (χ1) is 11.8. The Balaban J connectivity index is 1.77. The zero-order valence-corrected chi connectivity index (χ0v) is 16.2. The lowest BCUT2D eigenvalue weighted by atomic mass is 10.1. The minimum atomic E-state index is 0.354. The molecule has 24 heavy (non-hydrogen) atoms. The van der Waals surface area contributed by atoms with Gasteiger partial charge in [-0.1, -0.05) is 83.3 Å². The molecule has 0 saturated carbocycles. The summed E-state index contributed by atoms with van der Waals surface area (Å²) in [6, 6.07) is 0. The molecule has 0 aromatic rings. The first-order valence-electron chi connectivity index (χ1n) is 10.8. The van der Waals surface area contributed by atoms with Crippen LogP contribution in [0.2, 0.25) is 0 Å². The maximum atomic E-state index is 11.9. The van der Waals surface area contributed by atoms with E-state index < -0.39 is 0 Å². The van der Waals surface area contributed by atoms with Gasteiger partial charge in [-0.2, -0.15) is 0 Å². The number of unbranched alkanes of at least 4 members (excludes halogenated alkanes) is 11. The fourth-order valence-corrected chi connectivity index (χ4v) is 3.49. The van der Waals surface area contributed by atoms with E-state index in [9.17, 15) is 4.79 Å². The third kappa shape index (κ3) is 11.7. The van der Waals surface area contributed by atoms with Gasteiger partial charge < -0.3 is 4.90 Å². The number of carbonyl (C=O) groups is 1. The summed E-state index contributed by atoms with van der Waals surface area (Å²) < 4.78 is 0. The molecular formula is C22H41NO. The number of allylic oxidation sites excluding steroid dienone is 2. The first-order valence-corrected chi connectivity index (χ1v) is 10.8. The van der Waals surface area contributed by atoms with Crippen LogP contribution in [0.1, 0.15) is 110 Å². The summed E-state index contributed by atoms with van der Waals surface area (Å²) in [7, 11) is 0. The number of likely N-dealkylation sites (tertiary alicyclic amines) is 1. The van der Waals surface area contributed by atoms with Crippen molar-refractivity contribution in [1.29, 1.82) is 0 Å². The number of rotatable bonds is 15. The second kappa shape index (κ2) is 15.7. The molecule has 0 N–H and O–H groups in total. The SMILES string of the molecule is CCCCCCCCCCCCC/C=C/CCC(=O)N1CCCC1. The first kappa shape index (κ1) is 21.3. The lowest BCUT2D eigenvalue weighted by molar-refractivity contribution is -0.130. The maximum Gasteiger partial charge on any atom is 0.222 e. The summed E-state index contributed by atoms with van der Waals surface area (Å²) in [5.74, 6) is 0.354. The smallest absolute Gasteiger partial charge is 0.222 e. The van der Waals surface area contributed by atoms with E-state index in [0.717, 1.165) is 19.5 Å². The van der Waals surface area contributed by atoms with Gasteiger partial charge in [0.15, 0.2) is 0 Å².